The number of aryl methyl sites for hydroxylation is 2. The Morgan fingerprint density at radius 3 is 2.52 bits per heavy atom. The summed E-state index contributed by atoms with van der Waals surface area (Å²) in [4.78, 5) is 39.4. The molecule has 60 heavy (non-hydrogen) atoms. The average molecular weight is 850 g/mol. The van der Waals surface area contributed by atoms with Gasteiger partial charge in [-0.2, -0.15) is 0 Å². The molecule has 2 aliphatic rings. The van der Waals surface area contributed by atoms with Crippen molar-refractivity contribution in [1.82, 2.24) is 35.5 Å². The number of benzene rings is 2. The number of thiazole rings is 1. The highest BCUT2D eigenvalue weighted by atomic mass is 32.1. The molecule has 0 aliphatic carbocycles. The van der Waals surface area contributed by atoms with Crippen molar-refractivity contribution < 1.29 is 29.1 Å². The molecule has 3 N–H and O–H groups in total. The summed E-state index contributed by atoms with van der Waals surface area (Å²) in [5.41, 5.74) is 7.49. The van der Waals surface area contributed by atoms with Gasteiger partial charge in [0, 0.05) is 41.4 Å². The van der Waals surface area contributed by atoms with Crippen LogP contribution in [0.15, 0.2) is 70.7 Å². The second-order valence-corrected chi connectivity index (χ2v) is 18.4. The summed E-state index contributed by atoms with van der Waals surface area (Å²) in [7, 11) is 0. The predicted octanol–water partition coefficient (Wildman–Crippen LogP) is 7.63. The number of aromatic hydroxyl groups is 1. The first-order valence-electron chi connectivity index (χ1n) is 20.6. The summed E-state index contributed by atoms with van der Waals surface area (Å²) >= 11 is 3.26. The van der Waals surface area contributed by atoms with Crippen molar-refractivity contribution >= 4 is 44.7 Å². The molecule has 8 rings (SSSR count). The first-order valence-corrected chi connectivity index (χ1v) is 22.3. The number of aliphatic hydroxyl groups excluding tert-OH is 1. The molecular weight excluding hydrogens is 799 g/mol. The molecule has 0 bridgehead atoms. The first-order chi connectivity index (χ1) is 28.9. The average Bonchev–Trinajstić information content (AvgIpc) is 4.04. The molecule has 4 aromatic heterocycles. The van der Waals surface area contributed by atoms with E-state index in [2.05, 4.69) is 43.5 Å². The van der Waals surface area contributed by atoms with Crippen molar-refractivity contribution in [2.75, 3.05) is 32.8 Å². The maximum absolute atomic E-state index is 14.2. The number of β-amino-alcohol motifs (C(OH)–C–C–N with tert-alkyl or cyclic N) is 1. The van der Waals surface area contributed by atoms with Gasteiger partial charge in [0.25, 0.3) is 5.88 Å². The molecule has 2 amide bonds. The third-order valence-electron chi connectivity index (χ3n) is 11.9. The lowest BCUT2D eigenvalue weighted by Gasteiger charge is -2.32. The number of carbonyl (C=O) groups excluding carboxylic acids is 2. The Morgan fingerprint density at radius 1 is 1.03 bits per heavy atom. The van der Waals surface area contributed by atoms with Gasteiger partial charge in [-0.15, -0.1) is 32.9 Å². The summed E-state index contributed by atoms with van der Waals surface area (Å²) in [6.07, 6.45) is 1.33. The van der Waals surface area contributed by atoms with E-state index in [0.717, 1.165) is 57.8 Å². The van der Waals surface area contributed by atoms with Crippen molar-refractivity contribution in [3.05, 3.63) is 93.6 Å². The second kappa shape index (κ2) is 17.8. The molecule has 314 valence electrons. The number of fused-ring (bicyclic) bond motifs is 1. The summed E-state index contributed by atoms with van der Waals surface area (Å²) < 4.78 is 11.8. The molecule has 0 radical (unpaired) electrons. The molecule has 2 aromatic carbocycles. The fraction of sp³-hybridized carbons (Fsp3) is 0.422. The number of phenols is 1. The maximum Gasteiger partial charge on any atom is 0.254 e. The molecule has 0 spiro atoms. The van der Waals surface area contributed by atoms with E-state index in [4.69, 9.17) is 9.26 Å². The minimum absolute atomic E-state index is 0.0567. The van der Waals surface area contributed by atoms with Crippen molar-refractivity contribution in [3.8, 4) is 33.3 Å². The highest BCUT2D eigenvalue weighted by Gasteiger charge is 2.43. The standard InChI is InChI=1S/C45H51N7O6S2/c1-25(2)40(45(56)52-23-32(53)20-36(52)43(55)47-26(3)29-10-12-31(13-11-29)42-27(4)46-24-59-42)38-22-39(50-58-38)57-19-18-51-16-14-30(15-17-51)41-28(5)60-44-34(41)21-35(48-49-44)33-8-6-7-9-37(33)54/h6-13,21-22,24-26,30,32,36,40,53-54H,14-20,23H2,1-5H3,(H,47,55)/t26-,32+,36-,40+/m0/s1. The molecule has 0 unspecified atom stereocenters. The van der Waals surface area contributed by atoms with Gasteiger partial charge in [0.2, 0.25) is 11.8 Å². The number of rotatable bonds is 13. The van der Waals surface area contributed by atoms with Crippen molar-refractivity contribution in [3.63, 3.8) is 0 Å². The molecule has 6 aromatic rings. The summed E-state index contributed by atoms with van der Waals surface area (Å²) in [6, 6.07) is 17.9. The van der Waals surface area contributed by atoms with Crippen LogP contribution in [-0.2, 0) is 9.59 Å². The Bertz CT molecular complexity index is 2460. The monoisotopic (exact) mass is 849 g/mol. The van der Waals surface area contributed by atoms with Crippen LogP contribution in [0.5, 0.6) is 11.6 Å². The smallest absolute Gasteiger partial charge is 0.254 e. The molecule has 13 nitrogen and oxygen atoms in total. The zero-order valence-electron chi connectivity index (χ0n) is 34.5. The number of para-hydroxylation sites is 1. The molecule has 2 aliphatic heterocycles. The molecule has 2 fully saturated rings. The van der Waals surface area contributed by atoms with Crippen LogP contribution >= 0.6 is 22.7 Å². The zero-order valence-corrected chi connectivity index (χ0v) is 36.1. The Kier molecular flexibility index (Phi) is 12.3. The van der Waals surface area contributed by atoms with Crippen LogP contribution in [0, 0.1) is 19.8 Å². The van der Waals surface area contributed by atoms with Crippen LogP contribution in [0.1, 0.15) is 85.4 Å². The number of hydrogen-bond donors (Lipinski definition) is 3. The SMILES string of the molecule is Cc1ncsc1-c1ccc([C@H](C)NC(=O)[C@@H]2C[C@@H](O)CN2C(=O)[C@@H](c2cc(OCCN3CCC(c4c(C)sc5nnc(-c6ccccc6O)cc45)CC3)no2)C(C)C)cc1. The quantitative estimate of drug-likeness (QED) is 0.105. The fourth-order valence-corrected chi connectivity index (χ4v) is 10.5. The number of carbonyl (C=O) groups is 2. The van der Waals surface area contributed by atoms with Gasteiger partial charge in [0.05, 0.1) is 33.9 Å². The number of thiophene rings is 1. The minimum Gasteiger partial charge on any atom is -0.507 e. The normalized spacial score (nSPS) is 18.6. The van der Waals surface area contributed by atoms with Gasteiger partial charge in [0.15, 0.2) is 5.76 Å². The number of hydrogen-bond acceptors (Lipinski definition) is 13. The third-order valence-corrected chi connectivity index (χ3v) is 13.9. The van der Waals surface area contributed by atoms with Crippen molar-refractivity contribution in [2.24, 2.45) is 5.92 Å². The topological polar surface area (TPSA) is 167 Å². The summed E-state index contributed by atoms with van der Waals surface area (Å²) in [6.45, 7) is 12.9. The van der Waals surface area contributed by atoms with Crippen LogP contribution in [0.4, 0.5) is 0 Å². The molecule has 2 saturated heterocycles. The molecule has 6 heterocycles. The van der Waals surface area contributed by atoms with Gasteiger partial charge in [-0.3, -0.25) is 14.5 Å². The highest BCUT2D eigenvalue weighted by Crippen LogP contribution is 2.41. The van der Waals surface area contributed by atoms with Crippen molar-refractivity contribution in [1.29, 1.82) is 0 Å². The minimum atomic E-state index is -0.824. The van der Waals surface area contributed by atoms with Gasteiger partial charge >= 0.3 is 0 Å². The number of ether oxygens (including phenoxy) is 1. The van der Waals surface area contributed by atoms with Crippen LogP contribution in [0.2, 0.25) is 0 Å². The lowest BCUT2D eigenvalue weighted by atomic mass is 9.88. The molecule has 0 saturated carbocycles. The van der Waals surface area contributed by atoms with E-state index in [0.29, 0.717) is 42.0 Å². The van der Waals surface area contributed by atoms with E-state index in [1.807, 2.05) is 69.6 Å². The number of phenolic OH excluding ortho intramolecular Hbond substituents is 1. The van der Waals surface area contributed by atoms with Crippen LogP contribution < -0.4 is 10.1 Å². The fourth-order valence-electron chi connectivity index (χ4n) is 8.69. The maximum atomic E-state index is 14.2. The Balaban J connectivity index is 0.850. The van der Waals surface area contributed by atoms with Crippen LogP contribution in [0.25, 0.3) is 31.9 Å². The summed E-state index contributed by atoms with van der Waals surface area (Å²) in [5, 5.41) is 38.4. The number of likely N-dealkylation sites (tertiary alicyclic amines) is 2. The predicted molar refractivity (Wildman–Crippen MR) is 232 cm³/mol. The van der Waals surface area contributed by atoms with Gasteiger partial charge in [-0.1, -0.05) is 50.2 Å². The largest absolute Gasteiger partial charge is 0.507 e. The second-order valence-electron chi connectivity index (χ2n) is 16.3. The van der Waals surface area contributed by atoms with Crippen LogP contribution in [0.3, 0.4) is 0 Å². The molecular formula is C45H51N7O6S2. The Morgan fingerprint density at radius 2 is 1.80 bits per heavy atom. The lowest BCUT2D eigenvalue weighted by molar-refractivity contribution is -0.141. The van der Waals surface area contributed by atoms with E-state index >= 15 is 0 Å². The van der Waals surface area contributed by atoms with E-state index < -0.39 is 18.1 Å². The van der Waals surface area contributed by atoms with Crippen molar-refractivity contribution in [2.45, 2.75) is 83.9 Å². The van der Waals surface area contributed by atoms with E-state index in [1.165, 1.54) is 15.3 Å². The van der Waals surface area contributed by atoms with E-state index in [1.54, 1.807) is 40.9 Å². The van der Waals surface area contributed by atoms with Gasteiger partial charge in [-0.25, -0.2) is 4.98 Å². The summed E-state index contributed by atoms with van der Waals surface area (Å²) in [5.74, 6) is -0.238. The number of amides is 2. The first kappa shape index (κ1) is 41.5. The molecule has 15 heteroatoms. The zero-order chi connectivity index (χ0) is 42.1. The number of nitrogens with one attached hydrogen (secondary N) is 1. The number of aromatic nitrogens is 4. The number of aliphatic hydroxyl groups is 1. The third kappa shape index (κ3) is 8.67. The van der Waals surface area contributed by atoms with E-state index in [-0.39, 0.29) is 42.5 Å². The number of piperidine rings is 1. The van der Waals surface area contributed by atoms with Gasteiger partial charge < -0.3 is 29.7 Å². The van der Waals surface area contributed by atoms with Crippen LogP contribution in [-0.4, -0.2) is 97.1 Å². The molecule has 4 atom stereocenters. The lowest BCUT2D eigenvalue weighted by Crippen LogP contribution is -2.48. The Hall–Kier alpha value is -5.22. The van der Waals surface area contributed by atoms with Gasteiger partial charge in [-0.05, 0) is 98.6 Å². The highest BCUT2D eigenvalue weighted by molar-refractivity contribution is 7.18. The Labute approximate surface area is 357 Å². The number of nitrogens with zero attached hydrogens (tertiary/aromatic N) is 6. The van der Waals surface area contributed by atoms with Gasteiger partial charge in [0.1, 0.15) is 29.1 Å². The van der Waals surface area contributed by atoms with E-state index in [9.17, 15) is 19.8 Å².